The van der Waals surface area contributed by atoms with Crippen molar-refractivity contribution < 1.29 is 14.3 Å². The number of likely N-dealkylation sites (tertiary alicyclic amines) is 1. The summed E-state index contributed by atoms with van der Waals surface area (Å²) in [4.78, 5) is 26.5. The lowest BCUT2D eigenvalue weighted by Crippen LogP contribution is -2.49. The van der Waals surface area contributed by atoms with Gasteiger partial charge in [-0.15, -0.1) is 0 Å². The van der Waals surface area contributed by atoms with Gasteiger partial charge in [0.15, 0.2) is 0 Å². The van der Waals surface area contributed by atoms with Crippen molar-refractivity contribution in [1.82, 2.24) is 10.2 Å². The van der Waals surface area contributed by atoms with E-state index in [1.54, 1.807) is 7.11 Å². The zero-order valence-corrected chi connectivity index (χ0v) is 16.1. The normalized spacial score (nSPS) is 18.8. The van der Waals surface area contributed by atoms with E-state index >= 15 is 0 Å². The molecule has 0 radical (unpaired) electrons. The number of rotatable bonds is 8. The van der Waals surface area contributed by atoms with Gasteiger partial charge < -0.3 is 15.4 Å². The summed E-state index contributed by atoms with van der Waals surface area (Å²) in [7, 11) is 1.59. The van der Waals surface area contributed by atoms with Crippen LogP contribution in [0.1, 0.15) is 39.5 Å². The van der Waals surface area contributed by atoms with Crippen molar-refractivity contribution in [3.63, 3.8) is 0 Å². The zero-order valence-electron chi connectivity index (χ0n) is 16.1. The molecule has 1 heterocycles. The molecule has 6 nitrogen and oxygen atoms in total. The van der Waals surface area contributed by atoms with Gasteiger partial charge in [0.05, 0.1) is 18.8 Å². The van der Waals surface area contributed by atoms with Gasteiger partial charge in [-0.05, 0) is 50.8 Å². The maximum atomic E-state index is 12.7. The van der Waals surface area contributed by atoms with Crippen LogP contribution in [0.15, 0.2) is 24.3 Å². The first-order chi connectivity index (χ1) is 12.5. The number of nitrogens with zero attached hydrogens (tertiary/aromatic N) is 1. The van der Waals surface area contributed by atoms with Crippen LogP contribution in [-0.4, -0.2) is 49.5 Å². The molecule has 1 fully saturated rings. The fourth-order valence-electron chi connectivity index (χ4n) is 3.34. The Labute approximate surface area is 156 Å². The Morgan fingerprint density at radius 2 is 2.12 bits per heavy atom. The number of amides is 2. The number of para-hydroxylation sites is 2. The largest absolute Gasteiger partial charge is 0.495 e. The fourth-order valence-corrected chi connectivity index (χ4v) is 3.34. The predicted octanol–water partition coefficient (Wildman–Crippen LogP) is 2.65. The average molecular weight is 361 g/mol. The van der Waals surface area contributed by atoms with Crippen LogP contribution in [0.2, 0.25) is 0 Å². The molecule has 6 heteroatoms. The average Bonchev–Trinajstić information content (AvgIpc) is 2.66. The van der Waals surface area contributed by atoms with E-state index in [1.165, 1.54) is 0 Å². The predicted molar refractivity (Wildman–Crippen MR) is 103 cm³/mol. The number of methoxy groups -OCH3 is 1. The van der Waals surface area contributed by atoms with Gasteiger partial charge >= 0.3 is 0 Å². The van der Waals surface area contributed by atoms with Crippen molar-refractivity contribution >= 4 is 17.5 Å². The van der Waals surface area contributed by atoms with E-state index in [0.717, 1.165) is 32.4 Å². The maximum absolute atomic E-state index is 12.7. The lowest BCUT2D eigenvalue weighted by Gasteiger charge is -2.36. The van der Waals surface area contributed by atoms with Crippen LogP contribution in [0.3, 0.4) is 0 Å². The third-order valence-electron chi connectivity index (χ3n) is 4.91. The fraction of sp³-hybridized carbons (Fsp3) is 0.600. The van der Waals surface area contributed by atoms with Crippen molar-refractivity contribution in [2.45, 2.75) is 45.6 Å². The van der Waals surface area contributed by atoms with Gasteiger partial charge in [0.25, 0.3) is 0 Å². The number of anilines is 1. The standard InChI is InChI=1S/C20H31N3O3/c1-4-8-19(24)21-13-16-9-7-12-23(14-16)15(2)20(25)22-17-10-5-6-11-18(17)26-3/h5-6,10-11,15-16H,4,7-9,12-14H2,1-3H3,(H,21,24)(H,22,25). The molecule has 1 aliphatic heterocycles. The first-order valence-corrected chi connectivity index (χ1v) is 9.49. The smallest absolute Gasteiger partial charge is 0.241 e. The molecule has 2 unspecified atom stereocenters. The van der Waals surface area contributed by atoms with Crippen LogP contribution in [0, 0.1) is 5.92 Å². The van der Waals surface area contributed by atoms with E-state index in [2.05, 4.69) is 15.5 Å². The number of ether oxygens (including phenoxy) is 1. The van der Waals surface area contributed by atoms with Gasteiger partial charge in [0.2, 0.25) is 11.8 Å². The SMILES string of the molecule is CCCC(=O)NCC1CCCN(C(C)C(=O)Nc2ccccc2OC)C1. The van der Waals surface area contributed by atoms with E-state index in [-0.39, 0.29) is 17.9 Å². The molecule has 1 aromatic carbocycles. The highest BCUT2D eigenvalue weighted by molar-refractivity contribution is 5.95. The van der Waals surface area contributed by atoms with Crippen LogP contribution in [0.25, 0.3) is 0 Å². The highest BCUT2D eigenvalue weighted by Gasteiger charge is 2.28. The van der Waals surface area contributed by atoms with E-state index in [1.807, 2.05) is 38.1 Å². The van der Waals surface area contributed by atoms with Crippen LogP contribution in [-0.2, 0) is 9.59 Å². The maximum Gasteiger partial charge on any atom is 0.241 e. The molecule has 2 N–H and O–H groups in total. The van der Waals surface area contributed by atoms with E-state index < -0.39 is 0 Å². The number of hydrogen-bond acceptors (Lipinski definition) is 4. The highest BCUT2D eigenvalue weighted by Crippen LogP contribution is 2.24. The summed E-state index contributed by atoms with van der Waals surface area (Å²) in [6, 6.07) is 7.19. The number of carbonyl (C=O) groups excluding carboxylic acids is 2. The second-order valence-electron chi connectivity index (χ2n) is 6.92. The van der Waals surface area contributed by atoms with Crippen LogP contribution in [0.4, 0.5) is 5.69 Å². The number of benzene rings is 1. The number of piperidine rings is 1. The Balaban J connectivity index is 1.88. The molecule has 0 bridgehead atoms. The molecule has 144 valence electrons. The molecule has 0 spiro atoms. The molecule has 2 atom stereocenters. The number of hydrogen-bond donors (Lipinski definition) is 2. The summed E-state index contributed by atoms with van der Waals surface area (Å²) >= 11 is 0. The molecular weight excluding hydrogens is 330 g/mol. The molecule has 2 amide bonds. The second kappa shape index (κ2) is 10.2. The lowest BCUT2D eigenvalue weighted by molar-refractivity contribution is -0.123. The van der Waals surface area contributed by atoms with Crippen molar-refractivity contribution in [3.8, 4) is 5.75 Å². The highest BCUT2D eigenvalue weighted by atomic mass is 16.5. The summed E-state index contributed by atoms with van der Waals surface area (Å²) in [5.74, 6) is 1.13. The minimum Gasteiger partial charge on any atom is -0.495 e. The molecule has 1 aliphatic rings. The molecular formula is C20H31N3O3. The van der Waals surface area contributed by atoms with Gasteiger partial charge in [-0.25, -0.2) is 0 Å². The van der Waals surface area contributed by atoms with Crippen LogP contribution < -0.4 is 15.4 Å². The minimum atomic E-state index is -0.228. The van der Waals surface area contributed by atoms with Crippen LogP contribution in [0.5, 0.6) is 5.75 Å². The first-order valence-electron chi connectivity index (χ1n) is 9.49. The van der Waals surface area contributed by atoms with Gasteiger partial charge in [-0.1, -0.05) is 19.1 Å². The second-order valence-corrected chi connectivity index (χ2v) is 6.92. The van der Waals surface area contributed by atoms with Crippen molar-refractivity contribution in [1.29, 1.82) is 0 Å². The minimum absolute atomic E-state index is 0.0369. The summed E-state index contributed by atoms with van der Waals surface area (Å²) in [5.41, 5.74) is 0.687. The Morgan fingerprint density at radius 1 is 1.35 bits per heavy atom. The number of nitrogens with one attached hydrogen (secondary N) is 2. The number of carbonyl (C=O) groups is 2. The third kappa shape index (κ3) is 5.73. The topological polar surface area (TPSA) is 70.7 Å². The van der Waals surface area contributed by atoms with Crippen molar-refractivity contribution in [3.05, 3.63) is 24.3 Å². The van der Waals surface area contributed by atoms with Gasteiger partial charge in [-0.2, -0.15) is 0 Å². The molecule has 1 saturated heterocycles. The summed E-state index contributed by atoms with van der Waals surface area (Å²) in [6.07, 6.45) is 3.57. The lowest BCUT2D eigenvalue weighted by atomic mass is 9.96. The summed E-state index contributed by atoms with van der Waals surface area (Å²) < 4.78 is 5.29. The molecule has 2 rings (SSSR count). The Hall–Kier alpha value is -2.08. The molecule has 26 heavy (non-hydrogen) atoms. The van der Waals surface area contributed by atoms with Crippen molar-refractivity contribution in [2.75, 3.05) is 32.1 Å². The summed E-state index contributed by atoms with van der Waals surface area (Å²) in [6.45, 7) is 6.36. The van der Waals surface area contributed by atoms with Gasteiger partial charge in [-0.3, -0.25) is 14.5 Å². The van der Waals surface area contributed by atoms with Crippen LogP contribution >= 0.6 is 0 Å². The third-order valence-corrected chi connectivity index (χ3v) is 4.91. The zero-order chi connectivity index (χ0) is 18.9. The first kappa shape index (κ1) is 20.2. The van der Waals surface area contributed by atoms with Gasteiger partial charge in [0, 0.05) is 19.5 Å². The molecule has 0 aliphatic carbocycles. The Morgan fingerprint density at radius 3 is 2.85 bits per heavy atom. The molecule has 1 aromatic rings. The molecule has 0 saturated carbocycles. The Bertz CT molecular complexity index is 606. The van der Waals surface area contributed by atoms with E-state index in [0.29, 0.717) is 30.3 Å². The molecule has 0 aromatic heterocycles. The quantitative estimate of drug-likeness (QED) is 0.747. The summed E-state index contributed by atoms with van der Waals surface area (Å²) in [5, 5.41) is 5.98. The van der Waals surface area contributed by atoms with Crippen molar-refractivity contribution in [2.24, 2.45) is 5.92 Å². The van der Waals surface area contributed by atoms with E-state index in [9.17, 15) is 9.59 Å². The monoisotopic (exact) mass is 361 g/mol. The van der Waals surface area contributed by atoms with E-state index in [4.69, 9.17) is 4.74 Å². The van der Waals surface area contributed by atoms with Gasteiger partial charge in [0.1, 0.15) is 5.75 Å². The Kier molecular flexibility index (Phi) is 7.91.